The molecule has 1 N–H and O–H groups in total. The molecule has 0 aliphatic heterocycles. The van der Waals surface area contributed by atoms with Crippen LogP contribution in [0.4, 0.5) is 5.82 Å². The van der Waals surface area contributed by atoms with E-state index < -0.39 is 0 Å². The molecule has 2 heterocycles. The van der Waals surface area contributed by atoms with Crippen LogP contribution >= 0.6 is 15.9 Å². The molecule has 0 atom stereocenters. The van der Waals surface area contributed by atoms with E-state index in [1.54, 1.807) is 6.26 Å². The zero-order chi connectivity index (χ0) is 12.4. The van der Waals surface area contributed by atoms with Crippen molar-refractivity contribution in [2.24, 2.45) is 0 Å². The Morgan fingerprint density at radius 3 is 2.71 bits per heavy atom. The van der Waals surface area contributed by atoms with Crippen molar-refractivity contribution in [3.05, 3.63) is 28.2 Å². The van der Waals surface area contributed by atoms with Crippen LogP contribution in [0.1, 0.15) is 18.3 Å². The molecule has 2 aromatic heterocycles. The molecule has 0 aromatic carbocycles. The van der Waals surface area contributed by atoms with E-state index >= 15 is 0 Å². The highest BCUT2D eigenvalue weighted by molar-refractivity contribution is 9.10. The van der Waals surface area contributed by atoms with E-state index in [0.29, 0.717) is 0 Å². The Hall–Kier alpha value is -1.36. The Labute approximate surface area is 109 Å². The predicted molar refractivity (Wildman–Crippen MR) is 71.1 cm³/mol. The van der Waals surface area contributed by atoms with Crippen LogP contribution in [-0.4, -0.2) is 16.5 Å². The van der Waals surface area contributed by atoms with E-state index in [1.165, 1.54) is 0 Å². The number of aryl methyl sites for hydroxylation is 1. The molecule has 0 aliphatic rings. The number of hydrogen-bond donors (Lipinski definition) is 1. The summed E-state index contributed by atoms with van der Waals surface area (Å²) in [4.78, 5) is 8.83. The topological polar surface area (TPSA) is 51.0 Å². The van der Waals surface area contributed by atoms with Gasteiger partial charge >= 0.3 is 0 Å². The Morgan fingerprint density at radius 2 is 2.12 bits per heavy atom. The van der Waals surface area contributed by atoms with Gasteiger partial charge in [-0.2, -0.15) is 0 Å². The number of nitrogens with zero attached hydrogens (tertiary/aromatic N) is 2. The van der Waals surface area contributed by atoms with Gasteiger partial charge in [-0.3, -0.25) is 0 Å². The summed E-state index contributed by atoms with van der Waals surface area (Å²) in [5, 5.41) is 3.23. The van der Waals surface area contributed by atoms with Gasteiger partial charge in [0.15, 0.2) is 5.76 Å². The van der Waals surface area contributed by atoms with Crippen molar-refractivity contribution in [1.82, 2.24) is 9.97 Å². The summed E-state index contributed by atoms with van der Waals surface area (Å²) < 4.78 is 6.36. The fourth-order valence-electron chi connectivity index (χ4n) is 1.65. The van der Waals surface area contributed by atoms with Crippen LogP contribution in [0.15, 0.2) is 21.2 Å². The van der Waals surface area contributed by atoms with E-state index in [4.69, 9.17) is 4.42 Å². The highest BCUT2D eigenvalue weighted by Crippen LogP contribution is 2.32. The smallest absolute Gasteiger partial charge is 0.166 e. The predicted octanol–water partition coefficient (Wildman–Crippen LogP) is 3.55. The number of furan rings is 1. The van der Waals surface area contributed by atoms with Gasteiger partial charge in [0, 0.05) is 12.1 Å². The maximum atomic E-state index is 5.45. The van der Waals surface area contributed by atoms with Crippen LogP contribution in [-0.2, 0) is 0 Å². The number of halogens is 1. The Balaban J connectivity index is 2.58. The number of nitrogens with one attached hydrogen (secondary N) is 1. The van der Waals surface area contributed by atoms with E-state index in [2.05, 4.69) is 31.2 Å². The molecule has 0 amide bonds. The van der Waals surface area contributed by atoms with Gasteiger partial charge in [0.25, 0.3) is 0 Å². The second-order valence-corrected chi connectivity index (χ2v) is 4.58. The summed E-state index contributed by atoms with van der Waals surface area (Å²) >= 11 is 3.45. The third kappa shape index (κ3) is 2.34. The molecular formula is C12H14BrN3O. The molecule has 0 saturated carbocycles. The average Bonchev–Trinajstić information content (AvgIpc) is 2.70. The second-order valence-electron chi connectivity index (χ2n) is 3.72. The maximum Gasteiger partial charge on any atom is 0.166 e. The van der Waals surface area contributed by atoms with Crippen molar-refractivity contribution >= 4 is 21.7 Å². The summed E-state index contributed by atoms with van der Waals surface area (Å²) in [6.07, 6.45) is 1.64. The molecular weight excluding hydrogens is 282 g/mol. The largest absolute Gasteiger partial charge is 0.461 e. The van der Waals surface area contributed by atoms with Gasteiger partial charge in [-0.25, -0.2) is 9.97 Å². The van der Waals surface area contributed by atoms with E-state index in [-0.39, 0.29) is 0 Å². The maximum absolute atomic E-state index is 5.45. The van der Waals surface area contributed by atoms with Crippen LogP contribution in [0.2, 0.25) is 0 Å². The Morgan fingerprint density at radius 1 is 1.35 bits per heavy atom. The van der Waals surface area contributed by atoms with Crippen LogP contribution in [0.3, 0.4) is 0 Å². The Bertz CT molecular complexity index is 537. The van der Waals surface area contributed by atoms with E-state index in [9.17, 15) is 0 Å². The zero-order valence-electron chi connectivity index (χ0n) is 10.0. The lowest BCUT2D eigenvalue weighted by molar-refractivity contribution is 0.578. The number of rotatable bonds is 3. The van der Waals surface area contributed by atoms with Gasteiger partial charge in [-0.05, 0) is 42.8 Å². The average molecular weight is 296 g/mol. The van der Waals surface area contributed by atoms with E-state index in [0.717, 1.165) is 39.7 Å². The minimum atomic E-state index is 0.727. The molecule has 4 nitrogen and oxygen atoms in total. The lowest BCUT2D eigenvalue weighted by Gasteiger charge is -2.10. The van der Waals surface area contributed by atoms with Gasteiger partial charge in [-0.15, -0.1) is 0 Å². The quantitative estimate of drug-likeness (QED) is 0.941. The van der Waals surface area contributed by atoms with Crippen molar-refractivity contribution in [2.45, 2.75) is 20.8 Å². The van der Waals surface area contributed by atoms with E-state index in [1.807, 2.05) is 26.8 Å². The molecule has 0 unspecified atom stereocenters. The molecule has 2 aromatic rings. The molecule has 0 fully saturated rings. The first-order valence-electron chi connectivity index (χ1n) is 5.46. The molecule has 0 aliphatic carbocycles. The van der Waals surface area contributed by atoms with Crippen molar-refractivity contribution in [2.75, 3.05) is 11.9 Å². The highest BCUT2D eigenvalue weighted by atomic mass is 79.9. The lowest BCUT2D eigenvalue weighted by atomic mass is 10.2. The minimum absolute atomic E-state index is 0.727. The van der Waals surface area contributed by atoms with Crippen LogP contribution in [0.5, 0.6) is 0 Å². The number of aromatic nitrogens is 2. The summed E-state index contributed by atoms with van der Waals surface area (Å²) in [6, 6.07) is 1.86. The van der Waals surface area contributed by atoms with Crippen LogP contribution < -0.4 is 5.32 Å². The van der Waals surface area contributed by atoms with Gasteiger partial charge < -0.3 is 9.73 Å². The van der Waals surface area contributed by atoms with Crippen molar-refractivity contribution in [3.8, 4) is 11.5 Å². The third-order valence-corrected chi connectivity index (χ3v) is 3.06. The monoisotopic (exact) mass is 295 g/mol. The lowest BCUT2D eigenvalue weighted by Crippen LogP contribution is -2.06. The van der Waals surface area contributed by atoms with Gasteiger partial charge in [0.2, 0.25) is 0 Å². The number of anilines is 1. The molecule has 5 heteroatoms. The summed E-state index contributed by atoms with van der Waals surface area (Å²) in [6.45, 7) is 6.73. The number of hydrogen-bond acceptors (Lipinski definition) is 4. The summed E-state index contributed by atoms with van der Waals surface area (Å²) in [7, 11) is 0. The van der Waals surface area contributed by atoms with Crippen LogP contribution in [0, 0.1) is 13.8 Å². The van der Waals surface area contributed by atoms with Gasteiger partial charge in [-0.1, -0.05) is 0 Å². The normalized spacial score (nSPS) is 10.6. The molecule has 90 valence electrons. The molecule has 2 rings (SSSR count). The van der Waals surface area contributed by atoms with Crippen molar-refractivity contribution < 1.29 is 4.42 Å². The fourth-order valence-corrected chi connectivity index (χ4v) is 2.04. The molecule has 0 radical (unpaired) electrons. The summed E-state index contributed by atoms with van der Waals surface area (Å²) in [5.41, 5.74) is 1.82. The molecule has 17 heavy (non-hydrogen) atoms. The minimum Gasteiger partial charge on any atom is -0.461 e. The fraction of sp³-hybridized carbons (Fsp3) is 0.333. The SMILES string of the molecule is CCNc1nc(C)nc(-c2occc2Br)c1C. The second kappa shape index (κ2) is 4.87. The molecule has 0 spiro atoms. The summed E-state index contributed by atoms with van der Waals surface area (Å²) in [5.74, 6) is 2.33. The zero-order valence-corrected chi connectivity index (χ0v) is 11.6. The van der Waals surface area contributed by atoms with Crippen molar-refractivity contribution in [1.29, 1.82) is 0 Å². The van der Waals surface area contributed by atoms with Crippen molar-refractivity contribution in [3.63, 3.8) is 0 Å². The standard InChI is InChI=1S/C12H14BrN3O/c1-4-14-12-7(2)10(15-8(3)16-12)11-9(13)5-6-17-11/h5-6H,4H2,1-3H3,(H,14,15,16). The molecule has 0 bridgehead atoms. The van der Waals surface area contributed by atoms with Gasteiger partial charge in [0.1, 0.15) is 17.3 Å². The molecule has 0 saturated heterocycles. The highest BCUT2D eigenvalue weighted by Gasteiger charge is 2.15. The first kappa shape index (κ1) is 12.1. The van der Waals surface area contributed by atoms with Crippen LogP contribution in [0.25, 0.3) is 11.5 Å². The Kier molecular flexibility index (Phi) is 3.47. The first-order chi connectivity index (χ1) is 8.13. The van der Waals surface area contributed by atoms with Gasteiger partial charge in [0.05, 0.1) is 10.7 Å². The third-order valence-electron chi connectivity index (χ3n) is 2.43. The first-order valence-corrected chi connectivity index (χ1v) is 6.25.